The van der Waals surface area contributed by atoms with Crippen LogP contribution in [0, 0.1) is 0 Å². The number of aromatic nitrogens is 1. The molecule has 4 aromatic rings. The van der Waals surface area contributed by atoms with Crippen LogP contribution in [0.3, 0.4) is 0 Å². The van der Waals surface area contributed by atoms with Crippen LogP contribution < -0.4 is 20.1 Å². The van der Waals surface area contributed by atoms with Crippen molar-refractivity contribution in [1.29, 1.82) is 0 Å². The second-order valence-electron chi connectivity index (χ2n) is 7.49. The third kappa shape index (κ3) is 4.91. The molecule has 10 nitrogen and oxygen atoms in total. The number of rotatable bonds is 5. The normalized spacial score (nSPS) is 12.1. The lowest BCUT2D eigenvalue weighted by Gasteiger charge is -2.19. The maximum Gasteiger partial charge on any atom is 0.339 e. The first-order valence-electron chi connectivity index (χ1n) is 10.7. The van der Waals surface area contributed by atoms with Gasteiger partial charge in [0.1, 0.15) is 18.9 Å². The van der Waals surface area contributed by atoms with Gasteiger partial charge in [0.25, 0.3) is 5.91 Å². The lowest BCUT2D eigenvalue weighted by atomic mass is 10.1. The van der Waals surface area contributed by atoms with Crippen molar-refractivity contribution < 1.29 is 33.0 Å². The third-order valence-electron chi connectivity index (χ3n) is 5.10. The summed E-state index contributed by atoms with van der Waals surface area (Å²) in [7, 11) is 0. The minimum atomic E-state index is -0.794. The van der Waals surface area contributed by atoms with Crippen molar-refractivity contribution in [2.75, 3.05) is 25.1 Å². The summed E-state index contributed by atoms with van der Waals surface area (Å²) in [6, 6.07) is 16.1. The zero-order valence-corrected chi connectivity index (χ0v) is 18.3. The first kappa shape index (κ1) is 22.0. The van der Waals surface area contributed by atoms with Gasteiger partial charge in [-0.15, -0.1) is 0 Å². The fraction of sp³-hybridized carbons (Fsp3) is 0.120. The van der Waals surface area contributed by atoms with Crippen molar-refractivity contribution in [1.82, 2.24) is 10.3 Å². The van der Waals surface area contributed by atoms with E-state index in [1.165, 1.54) is 12.3 Å². The third-order valence-corrected chi connectivity index (χ3v) is 5.10. The summed E-state index contributed by atoms with van der Waals surface area (Å²) in [5.41, 5.74) is 1.64. The molecule has 0 radical (unpaired) electrons. The molecule has 35 heavy (non-hydrogen) atoms. The van der Waals surface area contributed by atoms with Crippen LogP contribution in [0.25, 0.3) is 22.4 Å². The first-order valence-corrected chi connectivity index (χ1v) is 10.7. The van der Waals surface area contributed by atoms with Crippen LogP contribution in [0.5, 0.6) is 11.5 Å². The van der Waals surface area contributed by atoms with Crippen molar-refractivity contribution >= 4 is 34.5 Å². The van der Waals surface area contributed by atoms with E-state index in [0.717, 1.165) is 0 Å². The number of imide groups is 1. The molecule has 10 heteroatoms. The number of benzene rings is 2. The van der Waals surface area contributed by atoms with Gasteiger partial charge in [0.2, 0.25) is 0 Å². The Morgan fingerprint density at radius 2 is 1.77 bits per heavy atom. The van der Waals surface area contributed by atoms with Crippen LogP contribution in [0.15, 0.2) is 71.3 Å². The number of ether oxygens (including phenoxy) is 3. The minimum Gasteiger partial charge on any atom is -0.486 e. The fourth-order valence-corrected chi connectivity index (χ4v) is 3.55. The Balaban J connectivity index is 1.22. The van der Waals surface area contributed by atoms with Crippen LogP contribution in [0.4, 0.5) is 10.5 Å². The molecule has 0 spiro atoms. The number of para-hydroxylation sites is 1. The van der Waals surface area contributed by atoms with E-state index in [0.29, 0.717) is 52.8 Å². The highest BCUT2D eigenvalue weighted by Gasteiger charge is 2.19. The van der Waals surface area contributed by atoms with E-state index in [2.05, 4.69) is 15.6 Å². The molecular weight excluding hydrogens is 454 g/mol. The van der Waals surface area contributed by atoms with Gasteiger partial charge in [-0.1, -0.05) is 18.2 Å². The molecule has 0 fully saturated rings. The monoisotopic (exact) mass is 473 g/mol. The summed E-state index contributed by atoms with van der Waals surface area (Å²) >= 11 is 0. The van der Waals surface area contributed by atoms with E-state index in [1.807, 2.05) is 0 Å². The summed E-state index contributed by atoms with van der Waals surface area (Å²) in [6.07, 6.45) is 1.50. The molecule has 2 aromatic carbocycles. The lowest BCUT2D eigenvalue weighted by Crippen LogP contribution is -2.37. The topological polar surface area (TPSA) is 129 Å². The Hall–Kier alpha value is -4.86. The Kier molecular flexibility index (Phi) is 6.00. The molecule has 0 unspecified atom stereocenters. The molecule has 0 saturated carbocycles. The van der Waals surface area contributed by atoms with Gasteiger partial charge in [-0.3, -0.25) is 10.1 Å². The fourth-order valence-electron chi connectivity index (χ4n) is 3.55. The maximum atomic E-state index is 12.8. The van der Waals surface area contributed by atoms with E-state index in [-0.39, 0.29) is 5.56 Å². The molecule has 176 valence electrons. The van der Waals surface area contributed by atoms with E-state index < -0.39 is 24.5 Å². The number of hydrogen-bond donors (Lipinski definition) is 2. The number of pyridine rings is 1. The number of carbonyl (C=O) groups excluding carboxylic acids is 3. The van der Waals surface area contributed by atoms with Crippen LogP contribution in [0.2, 0.25) is 0 Å². The van der Waals surface area contributed by atoms with Gasteiger partial charge in [0, 0.05) is 17.1 Å². The molecule has 3 heterocycles. The molecule has 0 bridgehead atoms. The van der Waals surface area contributed by atoms with Gasteiger partial charge in [0.05, 0.1) is 17.3 Å². The predicted octanol–water partition coefficient (Wildman–Crippen LogP) is 3.77. The Labute approximate surface area is 198 Å². The average molecular weight is 473 g/mol. The van der Waals surface area contributed by atoms with E-state index >= 15 is 0 Å². The standard InChI is InChI=1S/C25H19N3O7/c29-23(28-25(31)26-15-7-8-21-22(12-15)34-11-10-33-21)14-35-24(30)17-13-19(20-6-3-9-32-20)27-18-5-2-1-4-16(17)18/h1-9,12-13H,10-11,14H2,(H2,26,28,29,31). The number of furan rings is 1. The van der Waals surface area contributed by atoms with E-state index in [9.17, 15) is 14.4 Å². The summed E-state index contributed by atoms with van der Waals surface area (Å²) in [6.45, 7) is 0.204. The first-order chi connectivity index (χ1) is 17.1. The Bertz CT molecular complexity index is 1420. The van der Waals surface area contributed by atoms with E-state index in [1.54, 1.807) is 54.6 Å². The second-order valence-corrected chi connectivity index (χ2v) is 7.49. The average Bonchev–Trinajstić information content (AvgIpc) is 3.41. The van der Waals surface area contributed by atoms with E-state index in [4.69, 9.17) is 18.6 Å². The Morgan fingerprint density at radius 1 is 0.943 bits per heavy atom. The van der Waals surface area contributed by atoms with Crippen molar-refractivity contribution in [3.8, 4) is 23.0 Å². The molecule has 3 amide bonds. The van der Waals surface area contributed by atoms with Gasteiger partial charge >= 0.3 is 12.0 Å². The van der Waals surface area contributed by atoms with Crippen LogP contribution in [0.1, 0.15) is 10.4 Å². The summed E-state index contributed by atoms with van der Waals surface area (Å²) in [5, 5.41) is 5.20. The maximum absolute atomic E-state index is 12.8. The molecule has 2 N–H and O–H groups in total. The molecular formula is C25H19N3O7. The van der Waals surface area contributed by atoms with Gasteiger partial charge in [0.15, 0.2) is 23.9 Å². The van der Waals surface area contributed by atoms with Crippen LogP contribution in [-0.4, -0.2) is 42.7 Å². The van der Waals surface area contributed by atoms with Gasteiger partial charge in [-0.25, -0.2) is 14.6 Å². The SMILES string of the molecule is O=C(COC(=O)c1cc(-c2ccco2)nc2ccccc12)NC(=O)Nc1ccc2c(c1)OCCO2. The largest absolute Gasteiger partial charge is 0.486 e. The smallest absolute Gasteiger partial charge is 0.339 e. The molecule has 0 saturated heterocycles. The Morgan fingerprint density at radius 3 is 2.60 bits per heavy atom. The number of fused-ring (bicyclic) bond motifs is 2. The number of urea groups is 1. The van der Waals surface area contributed by atoms with Crippen molar-refractivity contribution in [3.05, 3.63) is 72.5 Å². The highest BCUT2D eigenvalue weighted by Crippen LogP contribution is 2.32. The van der Waals surface area contributed by atoms with Gasteiger partial charge < -0.3 is 23.9 Å². The lowest BCUT2D eigenvalue weighted by molar-refractivity contribution is -0.123. The van der Waals surface area contributed by atoms with Crippen molar-refractivity contribution in [2.45, 2.75) is 0 Å². The zero-order chi connectivity index (χ0) is 24.2. The van der Waals surface area contributed by atoms with Crippen molar-refractivity contribution in [3.63, 3.8) is 0 Å². The van der Waals surface area contributed by atoms with Gasteiger partial charge in [-0.2, -0.15) is 0 Å². The number of carbonyl (C=O) groups is 3. The van der Waals surface area contributed by atoms with Crippen molar-refractivity contribution in [2.24, 2.45) is 0 Å². The molecule has 5 rings (SSSR count). The molecule has 0 aliphatic carbocycles. The quantitative estimate of drug-likeness (QED) is 0.419. The molecule has 0 atom stereocenters. The minimum absolute atomic E-state index is 0.218. The predicted molar refractivity (Wildman–Crippen MR) is 124 cm³/mol. The molecule has 1 aliphatic heterocycles. The number of hydrogen-bond acceptors (Lipinski definition) is 8. The molecule has 2 aromatic heterocycles. The molecule has 1 aliphatic rings. The van der Waals surface area contributed by atoms with Crippen LogP contribution in [-0.2, 0) is 9.53 Å². The highest BCUT2D eigenvalue weighted by molar-refractivity contribution is 6.06. The number of amides is 3. The highest BCUT2D eigenvalue weighted by atomic mass is 16.6. The summed E-state index contributed by atoms with van der Waals surface area (Å²) in [5.74, 6) is 0.0204. The number of nitrogens with zero attached hydrogens (tertiary/aromatic N) is 1. The summed E-state index contributed by atoms with van der Waals surface area (Å²) < 4.78 is 21.5. The summed E-state index contributed by atoms with van der Waals surface area (Å²) in [4.78, 5) is 41.7. The van der Waals surface area contributed by atoms with Crippen LogP contribution >= 0.6 is 0 Å². The number of nitrogens with one attached hydrogen (secondary N) is 2. The number of esters is 1. The number of anilines is 1. The van der Waals surface area contributed by atoms with Gasteiger partial charge in [-0.05, 0) is 36.4 Å². The zero-order valence-electron chi connectivity index (χ0n) is 18.3. The second kappa shape index (κ2) is 9.56.